The lowest BCUT2D eigenvalue weighted by Crippen LogP contribution is -2.35. The smallest absolute Gasteiger partial charge is 0.182 e. The molecule has 18 heavy (non-hydrogen) atoms. The van der Waals surface area contributed by atoms with Crippen LogP contribution in [0.4, 0.5) is 0 Å². The van der Waals surface area contributed by atoms with Crippen LogP contribution in [0.2, 0.25) is 0 Å². The van der Waals surface area contributed by atoms with Crippen molar-refractivity contribution < 1.29 is 4.57 Å². The Kier molecular flexibility index (Phi) is 2.88. The van der Waals surface area contributed by atoms with E-state index in [0.717, 1.165) is 6.54 Å². The highest BCUT2D eigenvalue weighted by atomic mass is 32.1. The summed E-state index contributed by atoms with van der Waals surface area (Å²) in [5.74, 6) is 0. The van der Waals surface area contributed by atoms with Crippen molar-refractivity contribution >= 4 is 21.6 Å². The van der Waals surface area contributed by atoms with Crippen molar-refractivity contribution in [3.05, 3.63) is 64.7 Å². The number of fused-ring (bicyclic) bond motifs is 1. The van der Waals surface area contributed by atoms with Crippen LogP contribution in [0.25, 0.3) is 10.2 Å². The van der Waals surface area contributed by atoms with Crippen molar-refractivity contribution in [3.8, 4) is 0 Å². The van der Waals surface area contributed by atoms with Crippen molar-refractivity contribution in [1.29, 1.82) is 0 Å². The molecule has 0 unspecified atom stereocenters. The van der Waals surface area contributed by atoms with E-state index in [9.17, 15) is 0 Å². The van der Waals surface area contributed by atoms with E-state index in [1.165, 1.54) is 26.4 Å². The summed E-state index contributed by atoms with van der Waals surface area (Å²) < 4.78 is 3.78. The maximum Gasteiger partial charge on any atom is 0.235 e. The lowest BCUT2D eigenvalue weighted by atomic mass is 10.2. The van der Waals surface area contributed by atoms with E-state index in [1.54, 1.807) is 0 Å². The first kappa shape index (κ1) is 11.4. The van der Waals surface area contributed by atoms with Crippen LogP contribution in [0.5, 0.6) is 0 Å². The van der Waals surface area contributed by atoms with Crippen molar-refractivity contribution in [3.63, 3.8) is 0 Å². The van der Waals surface area contributed by atoms with E-state index < -0.39 is 0 Å². The molecule has 3 rings (SSSR count). The molecule has 0 fully saturated rings. The molecule has 90 valence electrons. The Hall–Kier alpha value is -1.67. The highest BCUT2D eigenvalue weighted by Crippen LogP contribution is 2.21. The molecule has 1 nitrogen and oxygen atoms in total. The monoisotopic (exact) mass is 254 g/mol. The molecule has 0 spiro atoms. The second-order valence-electron chi connectivity index (χ2n) is 4.66. The van der Waals surface area contributed by atoms with Crippen LogP contribution >= 0.6 is 11.3 Å². The van der Waals surface area contributed by atoms with Crippen molar-refractivity contribution in [2.75, 3.05) is 0 Å². The second kappa shape index (κ2) is 4.54. The molecule has 0 amide bonds. The summed E-state index contributed by atoms with van der Waals surface area (Å²) in [7, 11) is 0. The molecule has 0 atom stereocenters. The van der Waals surface area contributed by atoms with Gasteiger partial charge in [0.25, 0.3) is 0 Å². The third kappa shape index (κ3) is 2.04. The van der Waals surface area contributed by atoms with E-state index >= 15 is 0 Å². The molecule has 2 aromatic carbocycles. The Bertz CT molecular complexity index is 683. The predicted molar refractivity (Wildman–Crippen MR) is 77.0 cm³/mol. The van der Waals surface area contributed by atoms with Crippen LogP contribution in [0.15, 0.2) is 48.5 Å². The van der Waals surface area contributed by atoms with Crippen LogP contribution < -0.4 is 4.57 Å². The van der Waals surface area contributed by atoms with Gasteiger partial charge in [0.05, 0.1) is 0 Å². The minimum atomic E-state index is 0.954. The summed E-state index contributed by atoms with van der Waals surface area (Å²) >= 11 is 1.88. The summed E-state index contributed by atoms with van der Waals surface area (Å²) in [4.78, 5) is 0. The largest absolute Gasteiger partial charge is 0.235 e. The summed E-state index contributed by atoms with van der Waals surface area (Å²) in [6.07, 6.45) is 0. The van der Waals surface area contributed by atoms with Gasteiger partial charge in [-0.15, -0.1) is 0 Å². The lowest BCUT2D eigenvalue weighted by Gasteiger charge is -1.97. The Balaban J connectivity index is 2.09. The van der Waals surface area contributed by atoms with E-state index in [2.05, 4.69) is 66.9 Å². The summed E-state index contributed by atoms with van der Waals surface area (Å²) in [5.41, 5.74) is 4.02. The standard InChI is InChI=1S/C16H16NS/c1-12-8-9-15-16(10-12)18-13(2)17(15)11-14-6-4-3-5-7-14/h3-10H,11H2,1-2H3/q+1. The quantitative estimate of drug-likeness (QED) is 0.612. The average molecular weight is 254 g/mol. The fraction of sp³-hybridized carbons (Fsp3) is 0.188. The first-order valence-electron chi connectivity index (χ1n) is 6.17. The minimum absolute atomic E-state index is 0.954. The highest BCUT2D eigenvalue weighted by molar-refractivity contribution is 7.18. The van der Waals surface area contributed by atoms with Crippen LogP contribution in [0, 0.1) is 13.8 Å². The lowest BCUT2D eigenvalue weighted by molar-refractivity contribution is -0.664. The Morgan fingerprint density at radius 3 is 2.56 bits per heavy atom. The number of nitrogens with zero attached hydrogens (tertiary/aromatic N) is 1. The van der Waals surface area contributed by atoms with Crippen molar-refractivity contribution in [2.24, 2.45) is 0 Å². The minimum Gasteiger partial charge on any atom is -0.182 e. The zero-order valence-electron chi connectivity index (χ0n) is 10.7. The number of aromatic nitrogens is 1. The van der Waals surface area contributed by atoms with Gasteiger partial charge >= 0.3 is 0 Å². The second-order valence-corrected chi connectivity index (χ2v) is 5.90. The van der Waals surface area contributed by atoms with Gasteiger partial charge in [0.2, 0.25) is 10.5 Å². The van der Waals surface area contributed by atoms with Gasteiger partial charge in [-0.2, -0.15) is 4.57 Å². The van der Waals surface area contributed by atoms with Gasteiger partial charge in [-0.3, -0.25) is 0 Å². The topological polar surface area (TPSA) is 3.88 Å². The molecular weight excluding hydrogens is 238 g/mol. The van der Waals surface area contributed by atoms with Gasteiger partial charge in [0, 0.05) is 18.6 Å². The molecule has 0 saturated carbocycles. The highest BCUT2D eigenvalue weighted by Gasteiger charge is 2.17. The molecule has 3 aromatic rings. The molecule has 1 heterocycles. The zero-order valence-corrected chi connectivity index (χ0v) is 11.5. The number of hydrogen-bond acceptors (Lipinski definition) is 1. The van der Waals surface area contributed by atoms with Gasteiger partial charge in [0.1, 0.15) is 4.70 Å². The molecule has 0 saturated heterocycles. The molecule has 2 heteroatoms. The fourth-order valence-electron chi connectivity index (χ4n) is 2.27. The molecule has 0 aliphatic carbocycles. The van der Waals surface area contributed by atoms with Gasteiger partial charge < -0.3 is 0 Å². The first-order valence-corrected chi connectivity index (χ1v) is 6.99. The Morgan fingerprint density at radius 2 is 1.78 bits per heavy atom. The van der Waals surface area contributed by atoms with Crippen LogP contribution in [0.1, 0.15) is 16.1 Å². The number of thiazole rings is 1. The first-order chi connectivity index (χ1) is 8.74. The zero-order chi connectivity index (χ0) is 12.5. The average Bonchev–Trinajstić information content (AvgIpc) is 2.66. The van der Waals surface area contributed by atoms with Crippen LogP contribution in [0.3, 0.4) is 0 Å². The molecule has 0 radical (unpaired) electrons. The normalized spacial score (nSPS) is 11.0. The molecule has 0 bridgehead atoms. The maximum atomic E-state index is 2.40. The predicted octanol–water partition coefficient (Wildman–Crippen LogP) is 3.85. The maximum absolute atomic E-state index is 2.40. The molecular formula is C16H16NS+. The van der Waals surface area contributed by atoms with Gasteiger partial charge in [-0.25, -0.2) is 0 Å². The Morgan fingerprint density at radius 1 is 1.00 bits per heavy atom. The number of aryl methyl sites for hydroxylation is 2. The van der Waals surface area contributed by atoms with Gasteiger partial charge in [0.15, 0.2) is 6.54 Å². The molecule has 0 N–H and O–H groups in total. The van der Waals surface area contributed by atoms with Crippen molar-refractivity contribution in [1.82, 2.24) is 0 Å². The van der Waals surface area contributed by atoms with E-state index in [4.69, 9.17) is 0 Å². The van der Waals surface area contributed by atoms with Crippen LogP contribution in [-0.4, -0.2) is 0 Å². The fourth-order valence-corrected chi connectivity index (χ4v) is 3.39. The number of benzene rings is 2. The van der Waals surface area contributed by atoms with E-state index in [0.29, 0.717) is 0 Å². The summed E-state index contributed by atoms with van der Waals surface area (Å²) in [6, 6.07) is 17.3. The van der Waals surface area contributed by atoms with Gasteiger partial charge in [-0.05, 0) is 18.6 Å². The van der Waals surface area contributed by atoms with E-state index in [-0.39, 0.29) is 0 Å². The summed E-state index contributed by atoms with van der Waals surface area (Å²) in [5, 5.41) is 1.36. The van der Waals surface area contributed by atoms with Gasteiger partial charge in [-0.1, -0.05) is 47.7 Å². The SMILES string of the molecule is Cc1ccc2c(c1)sc(C)[n+]2Cc1ccccc1. The Labute approximate surface area is 111 Å². The van der Waals surface area contributed by atoms with E-state index in [1.807, 2.05) is 11.3 Å². The molecule has 1 aromatic heterocycles. The molecule has 0 aliphatic heterocycles. The van der Waals surface area contributed by atoms with Crippen LogP contribution in [-0.2, 0) is 6.54 Å². The number of hydrogen-bond donors (Lipinski definition) is 0. The van der Waals surface area contributed by atoms with Crippen molar-refractivity contribution in [2.45, 2.75) is 20.4 Å². The number of rotatable bonds is 2. The third-order valence-corrected chi connectivity index (χ3v) is 4.29. The molecule has 0 aliphatic rings. The summed E-state index contributed by atoms with van der Waals surface area (Å²) in [6.45, 7) is 5.30. The third-order valence-electron chi connectivity index (χ3n) is 3.23.